The number of methoxy groups -OCH3 is 1. The fourth-order valence-electron chi connectivity index (χ4n) is 1.93. The minimum Gasteiger partial charge on any atom is -0.508 e. The van der Waals surface area contributed by atoms with Crippen molar-refractivity contribution < 1.29 is 19.4 Å². The second-order valence-electron chi connectivity index (χ2n) is 4.78. The van der Waals surface area contributed by atoms with E-state index in [9.17, 15) is 9.90 Å². The number of benzene rings is 2. The van der Waals surface area contributed by atoms with Gasteiger partial charge in [0.1, 0.15) is 18.1 Å². The molecule has 1 N–H and O–H groups in total. The van der Waals surface area contributed by atoms with Crippen LogP contribution in [0.3, 0.4) is 0 Å². The van der Waals surface area contributed by atoms with E-state index in [-0.39, 0.29) is 12.2 Å². The number of aromatic hydroxyl groups is 1. The number of carbonyl (C=O) groups excluding carboxylic acids is 1. The Morgan fingerprint density at radius 3 is 2.55 bits per heavy atom. The number of phenolic OH excluding ortho intramolecular Hbond substituents is 1. The summed E-state index contributed by atoms with van der Waals surface area (Å²) in [5, 5.41) is 9.90. The molecule has 0 unspecified atom stereocenters. The maximum Gasteiger partial charge on any atom is 0.310 e. The molecule has 0 radical (unpaired) electrons. The molecule has 0 atom stereocenters. The van der Waals surface area contributed by atoms with Gasteiger partial charge in [-0.2, -0.15) is 0 Å². The van der Waals surface area contributed by atoms with Crippen molar-refractivity contribution in [2.24, 2.45) is 0 Å². The van der Waals surface area contributed by atoms with Crippen LogP contribution in [-0.2, 0) is 22.6 Å². The summed E-state index contributed by atoms with van der Waals surface area (Å²) in [6, 6.07) is 12.7. The molecule has 22 heavy (non-hydrogen) atoms. The molecule has 0 bridgehead atoms. The Labute approximate surface area is 129 Å². The van der Waals surface area contributed by atoms with Crippen LogP contribution < -0.4 is 4.74 Å². The van der Waals surface area contributed by atoms with E-state index >= 15 is 0 Å². The number of phenols is 1. The smallest absolute Gasteiger partial charge is 0.310 e. The van der Waals surface area contributed by atoms with Gasteiger partial charge in [-0.05, 0) is 17.2 Å². The lowest BCUT2D eigenvalue weighted by Gasteiger charge is -2.09. The zero-order chi connectivity index (χ0) is 15.9. The normalized spacial score (nSPS) is 10.0. The Kier molecular flexibility index (Phi) is 5.20. The van der Waals surface area contributed by atoms with Crippen LogP contribution in [0.1, 0.15) is 16.7 Å². The first-order valence-electron chi connectivity index (χ1n) is 6.85. The highest BCUT2D eigenvalue weighted by Gasteiger charge is 2.09. The molecule has 4 heteroatoms. The van der Waals surface area contributed by atoms with Crippen LogP contribution in [0.4, 0.5) is 0 Å². The van der Waals surface area contributed by atoms with Gasteiger partial charge in [0.15, 0.2) is 0 Å². The Hall–Kier alpha value is -2.75. The quantitative estimate of drug-likeness (QED) is 0.831. The lowest BCUT2D eigenvalue weighted by atomic mass is 10.1. The topological polar surface area (TPSA) is 55.8 Å². The summed E-state index contributed by atoms with van der Waals surface area (Å²) in [7, 11) is 1.31. The molecule has 0 fully saturated rings. The maximum absolute atomic E-state index is 11.2. The van der Waals surface area contributed by atoms with E-state index in [1.165, 1.54) is 13.2 Å². The van der Waals surface area contributed by atoms with E-state index < -0.39 is 5.97 Å². The number of ether oxygens (including phenoxy) is 2. The van der Waals surface area contributed by atoms with Gasteiger partial charge in [0.2, 0.25) is 0 Å². The van der Waals surface area contributed by atoms with Crippen molar-refractivity contribution >= 4 is 12.0 Å². The van der Waals surface area contributed by atoms with Crippen molar-refractivity contribution in [3.8, 4) is 11.5 Å². The van der Waals surface area contributed by atoms with Gasteiger partial charge in [-0.1, -0.05) is 43.0 Å². The maximum atomic E-state index is 11.2. The lowest BCUT2D eigenvalue weighted by molar-refractivity contribution is -0.139. The lowest BCUT2D eigenvalue weighted by Crippen LogP contribution is -2.04. The number of esters is 1. The van der Waals surface area contributed by atoms with Gasteiger partial charge in [-0.15, -0.1) is 0 Å². The van der Waals surface area contributed by atoms with Crippen LogP contribution >= 0.6 is 0 Å². The molecule has 0 heterocycles. The van der Waals surface area contributed by atoms with Crippen LogP contribution in [0.15, 0.2) is 49.0 Å². The number of hydrogen-bond acceptors (Lipinski definition) is 4. The molecular weight excluding hydrogens is 280 g/mol. The van der Waals surface area contributed by atoms with Crippen molar-refractivity contribution in [3.63, 3.8) is 0 Å². The van der Waals surface area contributed by atoms with Gasteiger partial charge in [0.25, 0.3) is 0 Å². The molecule has 0 saturated heterocycles. The molecule has 2 aromatic carbocycles. The minimum absolute atomic E-state index is 0.0184. The molecule has 114 valence electrons. The van der Waals surface area contributed by atoms with Gasteiger partial charge < -0.3 is 14.6 Å². The van der Waals surface area contributed by atoms with Crippen LogP contribution in [-0.4, -0.2) is 18.2 Å². The fraction of sp³-hybridized carbons (Fsp3) is 0.167. The summed E-state index contributed by atoms with van der Waals surface area (Å²) in [6.45, 7) is 4.10. The molecule has 0 aliphatic carbocycles. The van der Waals surface area contributed by atoms with Crippen LogP contribution in [0.25, 0.3) is 6.08 Å². The molecule has 0 aromatic heterocycles. The monoisotopic (exact) mass is 298 g/mol. The number of rotatable bonds is 6. The Morgan fingerprint density at radius 2 is 1.95 bits per heavy atom. The Balaban J connectivity index is 1.99. The average molecular weight is 298 g/mol. The second-order valence-corrected chi connectivity index (χ2v) is 4.78. The van der Waals surface area contributed by atoms with Crippen LogP contribution in [0, 0.1) is 0 Å². The van der Waals surface area contributed by atoms with Gasteiger partial charge in [-0.3, -0.25) is 4.79 Å². The molecule has 2 rings (SSSR count). The first kappa shape index (κ1) is 15.6. The van der Waals surface area contributed by atoms with Gasteiger partial charge in [0, 0.05) is 11.6 Å². The molecule has 0 amide bonds. The van der Waals surface area contributed by atoms with Crippen molar-refractivity contribution in [1.82, 2.24) is 0 Å². The molecule has 0 aliphatic heterocycles. The molecule has 0 saturated carbocycles. The summed E-state index contributed by atoms with van der Waals surface area (Å²) >= 11 is 0. The zero-order valence-electron chi connectivity index (χ0n) is 12.4. The third-order valence-corrected chi connectivity index (χ3v) is 3.24. The first-order chi connectivity index (χ1) is 10.6. The van der Waals surface area contributed by atoms with E-state index in [0.29, 0.717) is 17.9 Å². The van der Waals surface area contributed by atoms with E-state index in [4.69, 9.17) is 4.74 Å². The summed E-state index contributed by atoms with van der Waals surface area (Å²) in [6.07, 6.45) is 1.81. The average Bonchev–Trinajstić information content (AvgIpc) is 2.55. The Morgan fingerprint density at radius 1 is 1.23 bits per heavy atom. The molecule has 0 aliphatic rings. The van der Waals surface area contributed by atoms with Crippen molar-refractivity contribution in [1.29, 1.82) is 0 Å². The van der Waals surface area contributed by atoms with Gasteiger partial charge >= 0.3 is 5.97 Å². The minimum atomic E-state index is -0.397. The number of carbonyl (C=O) groups is 1. The Bertz CT molecular complexity index is 659. The van der Waals surface area contributed by atoms with Crippen molar-refractivity contribution in [2.45, 2.75) is 13.0 Å². The van der Waals surface area contributed by atoms with Crippen molar-refractivity contribution in [3.05, 3.63) is 65.7 Å². The fourth-order valence-corrected chi connectivity index (χ4v) is 1.93. The third-order valence-electron chi connectivity index (χ3n) is 3.24. The summed E-state index contributed by atoms with van der Waals surface area (Å²) < 4.78 is 10.2. The van der Waals surface area contributed by atoms with Crippen LogP contribution in [0.2, 0.25) is 0 Å². The summed E-state index contributed by atoms with van der Waals surface area (Å²) in [4.78, 5) is 11.2. The SMILES string of the molecule is C=Cc1ccc(COc2ccc(CC(=O)OC)c(O)c2)cc1. The highest BCUT2D eigenvalue weighted by atomic mass is 16.5. The standard InChI is InChI=1S/C18H18O4/c1-3-13-4-6-14(7-5-13)12-22-16-9-8-15(17(19)11-16)10-18(20)21-2/h3-9,11,19H,1,10,12H2,2H3. The van der Waals surface area contributed by atoms with Crippen LogP contribution in [0.5, 0.6) is 11.5 Å². The van der Waals surface area contributed by atoms with E-state index in [1.807, 2.05) is 24.3 Å². The molecule has 0 spiro atoms. The zero-order valence-corrected chi connectivity index (χ0v) is 12.4. The van der Waals surface area contributed by atoms with E-state index in [1.54, 1.807) is 18.2 Å². The van der Waals surface area contributed by atoms with Crippen molar-refractivity contribution in [2.75, 3.05) is 7.11 Å². The number of hydrogen-bond donors (Lipinski definition) is 1. The van der Waals surface area contributed by atoms with E-state index in [2.05, 4.69) is 11.3 Å². The highest BCUT2D eigenvalue weighted by molar-refractivity contribution is 5.73. The largest absolute Gasteiger partial charge is 0.508 e. The van der Waals surface area contributed by atoms with Gasteiger partial charge in [-0.25, -0.2) is 0 Å². The summed E-state index contributed by atoms with van der Waals surface area (Å²) in [5.41, 5.74) is 2.58. The highest BCUT2D eigenvalue weighted by Crippen LogP contribution is 2.25. The molecule has 4 nitrogen and oxygen atoms in total. The predicted octanol–water partition coefficient (Wildman–Crippen LogP) is 3.33. The van der Waals surface area contributed by atoms with Gasteiger partial charge in [0.05, 0.1) is 13.5 Å². The molecule has 2 aromatic rings. The molecular formula is C18H18O4. The predicted molar refractivity (Wildman–Crippen MR) is 84.7 cm³/mol. The summed E-state index contributed by atoms with van der Waals surface area (Å²) in [5.74, 6) is 0.162. The third kappa shape index (κ3) is 4.12. The first-order valence-corrected chi connectivity index (χ1v) is 6.85. The van der Waals surface area contributed by atoms with E-state index in [0.717, 1.165) is 11.1 Å². The second kappa shape index (κ2) is 7.31.